The van der Waals surface area contributed by atoms with Crippen molar-refractivity contribution in [2.45, 2.75) is 19.8 Å². The second kappa shape index (κ2) is 5.59. The van der Waals surface area contributed by atoms with Gasteiger partial charge in [-0.25, -0.2) is 0 Å². The van der Waals surface area contributed by atoms with Crippen molar-refractivity contribution in [2.24, 2.45) is 5.41 Å². The van der Waals surface area contributed by atoms with Crippen LogP contribution in [0.25, 0.3) is 0 Å². The largest absolute Gasteiger partial charge is 0.507 e. The molecule has 0 bridgehead atoms. The number of aromatic hydroxyl groups is 1. The van der Waals surface area contributed by atoms with Gasteiger partial charge in [-0.15, -0.1) is 0 Å². The maximum Gasteiger partial charge on any atom is 0.311 e. The topological polar surface area (TPSA) is 77.8 Å². The number of benzene rings is 1. The fraction of sp³-hybridized carbons (Fsp3) is 0.429. The molecule has 6 heteroatoms. The van der Waals surface area contributed by atoms with E-state index in [9.17, 15) is 19.8 Å². The van der Waals surface area contributed by atoms with E-state index in [2.05, 4.69) is 22.6 Å². The maximum atomic E-state index is 12.4. The summed E-state index contributed by atoms with van der Waals surface area (Å²) in [5, 5.41) is 19.1. The average molecular weight is 389 g/mol. The van der Waals surface area contributed by atoms with Crippen LogP contribution < -0.4 is 0 Å². The van der Waals surface area contributed by atoms with Gasteiger partial charge in [-0.3, -0.25) is 9.59 Å². The van der Waals surface area contributed by atoms with E-state index in [1.165, 1.54) is 11.0 Å². The number of likely N-dealkylation sites (tertiary alicyclic amines) is 1. The van der Waals surface area contributed by atoms with Gasteiger partial charge in [0.2, 0.25) is 0 Å². The number of rotatable bonds is 3. The minimum absolute atomic E-state index is 0.0697. The van der Waals surface area contributed by atoms with Crippen molar-refractivity contribution >= 4 is 34.5 Å². The van der Waals surface area contributed by atoms with E-state index in [-0.39, 0.29) is 23.8 Å². The van der Waals surface area contributed by atoms with Crippen molar-refractivity contribution in [3.05, 3.63) is 27.3 Å². The van der Waals surface area contributed by atoms with Crippen LogP contribution in [0, 0.1) is 8.99 Å². The lowest BCUT2D eigenvalue weighted by Crippen LogP contribution is -2.36. The first-order chi connectivity index (χ1) is 9.39. The Morgan fingerprint density at radius 1 is 1.45 bits per heavy atom. The van der Waals surface area contributed by atoms with Crippen LogP contribution in [-0.2, 0) is 4.79 Å². The Kier molecular flexibility index (Phi) is 4.22. The number of halogens is 1. The molecule has 1 aliphatic rings. The zero-order valence-corrected chi connectivity index (χ0v) is 13.3. The van der Waals surface area contributed by atoms with Crippen molar-refractivity contribution in [1.82, 2.24) is 4.90 Å². The van der Waals surface area contributed by atoms with E-state index in [1.54, 1.807) is 12.1 Å². The molecule has 1 aromatic carbocycles. The van der Waals surface area contributed by atoms with Crippen LogP contribution in [0.3, 0.4) is 0 Å². The van der Waals surface area contributed by atoms with Gasteiger partial charge in [0.15, 0.2) is 0 Å². The second-order valence-corrected chi connectivity index (χ2v) is 6.32. The van der Waals surface area contributed by atoms with Crippen molar-refractivity contribution in [1.29, 1.82) is 0 Å². The molecule has 5 nitrogen and oxygen atoms in total. The van der Waals surface area contributed by atoms with Crippen molar-refractivity contribution in [3.63, 3.8) is 0 Å². The average Bonchev–Trinajstić information content (AvgIpc) is 2.86. The number of carbonyl (C=O) groups excluding carboxylic acids is 1. The van der Waals surface area contributed by atoms with E-state index in [0.29, 0.717) is 19.4 Å². The summed E-state index contributed by atoms with van der Waals surface area (Å²) in [6, 6.07) is 4.81. The van der Waals surface area contributed by atoms with Gasteiger partial charge in [0, 0.05) is 16.7 Å². The third-order valence-corrected chi connectivity index (χ3v) is 4.63. The lowest BCUT2D eigenvalue weighted by atomic mass is 9.84. The van der Waals surface area contributed by atoms with Gasteiger partial charge in [-0.1, -0.05) is 6.92 Å². The summed E-state index contributed by atoms with van der Waals surface area (Å²) in [5.41, 5.74) is -0.623. The number of amides is 1. The molecule has 1 heterocycles. The maximum absolute atomic E-state index is 12.4. The standard InChI is InChI=1S/C14H16INO4/c1-2-14(13(19)20)5-6-16(8-14)12(18)10-7-9(15)3-4-11(10)17/h3-4,7,17H,2,5-6,8H2,1H3,(H,19,20). The molecule has 1 amide bonds. The van der Waals surface area contributed by atoms with Gasteiger partial charge in [-0.2, -0.15) is 0 Å². The van der Waals surface area contributed by atoms with Gasteiger partial charge in [0.25, 0.3) is 5.91 Å². The molecule has 1 fully saturated rings. The zero-order valence-electron chi connectivity index (χ0n) is 11.1. The highest BCUT2D eigenvalue weighted by atomic mass is 127. The number of phenols is 1. The van der Waals surface area contributed by atoms with Crippen molar-refractivity contribution in [2.75, 3.05) is 13.1 Å². The molecule has 0 aliphatic carbocycles. The Labute approximate surface area is 130 Å². The number of hydrogen-bond acceptors (Lipinski definition) is 3. The predicted molar refractivity (Wildman–Crippen MR) is 81.7 cm³/mol. The van der Waals surface area contributed by atoms with Crippen LogP contribution in [0.2, 0.25) is 0 Å². The molecular formula is C14H16INO4. The summed E-state index contributed by atoms with van der Waals surface area (Å²) in [6.45, 7) is 2.43. The number of carboxylic acid groups (broad SMARTS) is 1. The van der Waals surface area contributed by atoms with Crippen LogP contribution in [0.5, 0.6) is 5.75 Å². The first kappa shape index (κ1) is 15.1. The molecule has 1 atom stereocenters. The molecular weight excluding hydrogens is 373 g/mol. The van der Waals surface area contributed by atoms with Gasteiger partial charge in [0.1, 0.15) is 5.75 Å². The molecule has 1 saturated heterocycles. The summed E-state index contributed by atoms with van der Waals surface area (Å²) >= 11 is 2.07. The SMILES string of the molecule is CCC1(C(=O)O)CCN(C(=O)c2cc(I)ccc2O)C1. The van der Waals surface area contributed by atoms with Gasteiger partial charge >= 0.3 is 5.97 Å². The number of aliphatic carboxylic acids is 1. The number of carboxylic acids is 1. The van der Waals surface area contributed by atoms with E-state index in [1.807, 2.05) is 6.92 Å². The fourth-order valence-corrected chi connectivity index (χ4v) is 3.00. The van der Waals surface area contributed by atoms with E-state index >= 15 is 0 Å². The van der Waals surface area contributed by atoms with E-state index in [4.69, 9.17) is 0 Å². The molecule has 2 rings (SSSR count). The molecule has 1 aliphatic heterocycles. The molecule has 1 unspecified atom stereocenters. The minimum Gasteiger partial charge on any atom is -0.507 e. The minimum atomic E-state index is -0.859. The van der Waals surface area contributed by atoms with Gasteiger partial charge < -0.3 is 15.1 Å². The summed E-state index contributed by atoms with van der Waals surface area (Å²) in [5.74, 6) is -1.24. The van der Waals surface area contributed by atoms with Crippen LogP contribution in [-0.4, -0.2) is 40.1 Å². The molecule has 2 N–H and O–H groups in total. The first-order valence-electron chi connectivity index (χ1n) is 6.41. The summed E-state index contributed by atoms with van der Waals surface area (Å²) in [4.78, 5) is 25.3. The third-order valence-electron chi connectivity index (χ3n) is 3.96. The predicted octanol–water partition coefficient (Wildman–Crippen LogP) is 2.32. The van der Waals surface area contributed by atoms with Gasteiger partial charge in [0.05, 0.1) is 11.0 Å². The lowest BCUT2D eigenvalue weighted by molar-refractivity contribution is -0.148. The second-order valence-electron chi connectivity index (χ2n) is 5.08. The smallest absolute Gasteiger partial charge is 0.311 e. The van der Waals surface area contributed by atoms with Crippen LogP contribution in [0.4, 0.5) is 0 Å². The quantitative estimate of drug-likeness (QED) is 0.778. The molecule has 1 aromatic rings. The Balaban J connectivity index is 2.24. The number of nitrogens with zero attached hydrogens (tertiary/aromatic N) is 1. The molecule has 0 radical (unpaired) electrons. The molecule has 0 spiro atoms. The highest BCUT2D eigenvalue weighted by Gasteiger charge is 2.45. The van der Waals surface area contributed by atoms with Crippen LogP contribution >= 0.6 is 22.6 Å². The molecule has 108 valence electrons. The molecule has 0 aromatic heterocycles. The lowest BCUT2D eigenvalue weighted by Gasteiger charge is -2.23. The number of carbonyl (C=O) groups is 2. The number of hydrogen-bond donors (Lipinski definition) is 2. The number of phenolic OH excluding ortho intramolecular Hbond substituents is 1. The molecule has 20 heavy (non-hydrogen) atoms. The Bertz CT molecular complexity index is 560. The zero-order chi connectivity index (χ0) is 14.9. The monoisotopic (exact) mass is 389 g/mol. The van der Waals surface area contributed by atoms with Gasteiger partial charge in [-0.05, 0) is 53.6 Å². The molecule has 0 saturated carbocycles. The summed E-state index contributed by atoms with van der Waals surface area (Å²) < 4.78 is 0.850. The Hall–Kier alpha value is -1.31. The Morgan fingerprint density at radius 3 is 2.70 bits per heavy atom. The summed E-state index contributed by atoms with van der Waals surface area (Å²) in [7, 11) is 0. The highest BCUT2D eigenvalue weighted by molar-refractivity contribution is 14.1. The van der Waals surface area contributed by atoms with Crippen LogP contribution in [0.1, 0.15) is 30.1 Å². The van der Waals surface area contributed by atoms with Crippen molar-refractivity contribution < 1.29 is 19.8 Å². The van der Waals surface area contributed by atoms with E-state index < -0.39 is 11.4 Å². The van der Waals surface area contributed by atoms with Crippen molar-refractivity contribution in [3.8, 4) is 5.75 Å². The highest BCUT2D eigenvalue weighted by Crippen LogP contribution is 2.35. The van der Waals surface area contributed by atoms with E-state index in [0.717, 1.165) is 3.57 Å². The Morgan fingerprint density at radius 2 is 2.15 bits per heavy atom. The fourth-order valence-electron chi connectivity index (χ4n) is 2.51. The first-order valence-corrected chi connectivity index (χ1v) is 7.49. The normalized spacial score (nSPS) is 22.0. The summed E-state index contributed by atoms with van der Waals surface area (Å²) in [6.07, 6.45) is 0.944. The van der Waals surface area contributed by atoms with Crippen LogP contribution in [0.15, 0.2) is 18.2 Å². The third kappa shape index (κ3) is 2.61.